The topological polar surface area (TPSA) is 26.0 Å². The van der Waals surface area contributed by atoms with Crippen LogP contribution in [-0.2, 0) is 6.18 Å². The molecule has 1 aliphatic rings. The van der Waals surface area contributed by atoms with Crippen LogP contribution in [0.3, 0.4) is 0 Å². The highest BCUT2D eigenvalue weighted by atomic mass is 35.5. The van der Waals surface area contributed by atoms with E-state index in [0.717, 1.165) is 37.8 Å². The van der Waals surface area contributed by atoms with Crippen molar-refractivity contribution in [2.24, 2.45) is 11.7 Å². The Labute approximate surface area is 115 Å². The van der Waals surface area contributed by atoms with Gasteiger partial charge in [-0.15, -0.1) is 12.4 Å². The third-order valence-electron chi connectivity index (χ3n) is 3.59. The fourth-order valence-corrected chi connectivity index (χ4v) is 2.56. The maximum absolute atomic E-state index is 13.4. The van der Waals surface area contributed by atoms with Crippen LogP contribution < -0.4 is 5.73 Å². The van der Waals surface area contributed by atoms with E-state index in [1.807, 2.05) is 0 Å². The molecular weight excluding hydrogens is 282 g/mol. The van der Waals surface area contributed by atoms with Crippen LogP contribution in [0.25, 0.3) is 0 Å². The first-order chi connectivity index (χ1) is 8.39. The summed E-state index contributed by atoms with van der Waals surface area (Å²) >= 11 is 0. The lowest BCUT2D eigenvalue weighted by Gasteiger charge is -2.20. The van der Waals surface area contributed by atoms with E-state index < -0.39 is 17.6 Å². The number of hydrogen-bond donors (Lipinski definition) is 1. The Morgan fingerprint density at radius 1 is 1.16 bits per heavy atom. The van der Waals surface area contributed by atoms with Crippen molar-refractivity contribution in [3.8, 4) is 0 Å². The molecule has 1 nitrogen and oxygen atoms in total. The molecule has 1 aromatic carbocycles. The van der Waals surface area contributed by atoms with Crippen molar-refractivity contribution < 1.29 is 17.6 Å². The molecule has 108 valence electrons. The Morgan fingerprint density at radius 3 is 2.21 bits per heavy atom. The van der Waals surface area contributed by atoms with Crippen LogP contribution in [0.4, 0.5) is 17.6 Å². The van der Waals surface area contributed by atoms with Crippen molar-refractivity contribution >= 4 is 12.4 Å². The SMILES string of the molecule is Cl.N[C@H](c1ccc(C(F)(F)F)c(F)c1)C1CCCC1. The normalized spacial score (nSPS) is 18.2. The molecule has 0 unspecified atom stereocenters. The van der Waals surface area contributed by atoms with Crippen LogP contribution in [0, 0.1) is 11.7 Å². The van der Waals surface area contributed by atoms with E-state index >= 15 is 0 Å². The van der Waals surface area contributed by atoms with Crippen molar-refractivity contribution in [1.29, 1.82) is 0 Å². The zero-order valence-corrected chi connectivity index (χ0v) is 11.0. The van der Waals surface area contributed by atoms with Crippen molar-refractivity contribution in [1.82, 2.24) is 0 Å². The van der Waals surface area contributed by atoms with Gasteiger partial charge in [-0.05, 0) is 36.5 Å². The van der Waals surface area contributed by atoms with E-state index in [-0.39, 0.29) is 24.4 Å². The highest BCUT2D eigenvalue weighted by Gasteiger charge is 2.34. The smallest absolute Gasteiger partial charge is 0.324 e. The quantitative estimate of drug-likeness (QED) is 0.802. The molecule has 0 bridgehead atoms. The Morgan fingerprint density at radius 2 is 1.74 bits per heavy atom. The number of hydrogen-bond acceptors (Lipinski definition) is 1. The first-order valence-electron chi connectivity index (χ1n) is 6.02. The minimum absolute atomic E-state index is 0. The van der Waals surface area contributed by atoms with Gasteiger partial charge in [-0.2, -0.15) is 13.2 Å². The molecule has 1 aliphatic carbocycles. The van der Waals surface area contributed by atoms with Gasteiger partial charge in [0, 0.05) is 6.04 Å². The molecule has 1 fully saturated rings. The Bertz CT molecular complexity index is 427. The number of nitrogens with two attached hydrogens (primary N) is 1. The number of alkyl halides is 3. The van der Waals surface area contributed by atoms with Gasteiger partial charge in [-0.3, -0.25) is 0 Å². The summed E-state index contributed by atoms with van der Waals surface area (Å²) in [6.07, 6.45) is -0.559. The average molecular weight is 298 g/mol. The maximum atomic E-state index is 13.4. The molecule has 0 aliphatic heterocycles. The Balaban J connectivity index is 0.00000180. The molecule has 2 N–H and O–H groups in total. The predicted octanol–water partition coefficient (Wildman–Crippen LogP) is 4.46. The predicted molar refractivity (Wildman–Crippen MR) is 67.5 cm³/mol. The lowest BCUT2D eigenvalue weighted by Crippen LogP contribution is -2.20. The van der Waals surface area contributed by atoms with E-state index in [1.54, 1.807) is 0 Å². The molecule has 1 saturated carbocycles. The first kappa shape index (κ1) is 16.2. The third kappa shape index (κ3) is 3.60. The van der Waals surface area contributed by atoms with Gasteiger partial charge in [0.15, 0.2) is 0 Å². The number of rotatable bonds is 2. The van der Waals surface area contributed by atoms with Crippen LogP contribution in [0.15, 0.2) is 18.2 Å². The van der Waals surface area contributed by atoms with Gasteiger partial charge >= 0.3 is 6.18 Å². The molecule has 0 amide bonds. The van der Waals surface area contributed by atoms with E-state index in [2.05, 4.69) is 0 Å². The van der Waals surface area contributed by atoms with Crippen molar-refractivity contribution in [3.05, 3.63) is 35.1 Å². The van der Waals surface area contributed by atoms with E-state index in [9.17, 15) is 17.6 Å². The highest BCUT2D eigenvalue weighted by Crippen LogP contribution is 2.36. The largest absolute Gasteiger partial charge is 0.419 e. The summed E-state index contributed by atoms with van der Waals surface area (Å²) in [5.41, 5.74) is 5.20. The Kier molecular flexibility index (Phi) is 5.21. The van der Waals surface area contributed by atoms with Crippen LogP contribution >= 0.6 is 12.4 Å². The average Bonchev–Trinajstić information content (AvgIpc) is 2.79. The molecule has 0 saturated heterocycles. The van der Waals surface area contributed by atoms with Gasteiger partial charge in [-0.25, -0.2) is 4.39 Å². The van der Waals surface area contributed by atoms with Crippen molar-refractivity contribution in [3.63, 3.8) is 0 Å². The number of benzene rings is 1. The van der Waals surface area contributed by atoms with Gasteiger partial charge in [-0.1, -0.05) is 18.9 Å². The lowest BCUT2D eigenvalue weighted by atomic mass is 9.92. The van der Waals surface area contributed by atoms with Gasteiger partial charge in [0.05, 0.1) is 5.56 Å². The third-order valence-corrected chi connectivity index (χ3v) is 3.59. The first-order valence-corrected chi connectivity index (χ1v) is 6.02. The Hall–Kier alpha value is -0.810. The lowest BCUT2D eigenvalue weighted by molar-refractivity contribution is -0.140. The molecule has 2 rings (SSSR count). The van der Waals surface area contributed by atoms with Gasteiger partial charge in [0.25, 0.3) is 0 Å². The van der Waals surface area contributed by atoms with Crippen LogP contribution in [0.5, 0.6) is 0 Å². The van der Waals surface area contributed by atoms with Crippen molar-refractivity contribution in [2.75, 3.05) is 0 Å². The minimum Gasteiger partial charge on any atom is -0.324 e. The van der Waals surface area contributed by atoms with E-state index in [1.165, 1.54) is 6.07 Å². The fraction of sp³-hybridized carbons (Fsp3) is 0.538. The second kappa shape index (κ2) is 6.09. The maximum Gasteiger partial charge on any atom is 0.419 e. The summed E-state index contributed by atoms with van der Waals surface area (Å²) in [6.45, 7) is 0. The zero-order valence-electron chi connectivity index (χ0n) is 10.2. The molecule has 0 heterocycles. The molecule has 0 spiro atoms. The summed E-state index contributed by atoms with van der Waals surface area (Å²) in [4.78, 5) is 0. The summed E-state index contributed by atoms with van der Waals surface area (Å²) in [6, 6.07) is 2.62. The molecule has 19 heavy (non-hydrogen) atoms. The second-order valence-corrected chi connectivity index (χ2v) is 4.81. The van der Waals surface area contributed by atoms with Crippen LogP contribution in [0.2, 0.25) is 0 Å². The van der Waals surface area contributed by atoms with Gasteiger partial charge < -0.3 is 5.73 Å². The molecular formula is C13H16ClF4N. The summed E-state index contributed by atoms with van der Waals surface area (Å²) in [5.74, 6) is -0.991. The minimum atomic E-state index is -4.65. The van der Waals surface area contributed by atoms with Gasteiger partial charge in [0.1, 0.15) is 5.82 Å². The summed E-state index contributed by atoms with van der Waals surface area (Å²) in [7, 11) is 0. The van der Waals surface area contributed by atoms with Crippen LogP contribution in [-0.4, -0.2) is 0 Å². The van der Waals surface area contributed by atoms with Crippen LogP contribution in [0.1, 0.15) is 42.9 Å². The molecule has 1 atom stereocenters. The number of halogens is 5. The highest BCUT2D eigenvalue weighted by molar-refractivity contribution is 5.85. The van der Waals surface area contributed by atoms with E-state index in [0.29, 0.717) is 5.56 Å². The van der Waals surface area contributed by atoms with Gasteiger partial charge in [0.2, 0.25) is 0 Å². The molecule has 0 radical (unpaired) electrons. The fourth-order valence-electron chi connectivity index (χ4n) is 2.56. The summed E-state index contributed by atoms with van der Waals surface area (Å²) in [5, 5.41) is 0. The second-order valence-electron chi connectivity index (χ2n) is 4.81. The zero-order chi connectivity index (χ0) is 13.3. The molecule has 0 aromatic heterocycles. The van der Waals surface area contributed by atoms with Crippen molar-refractivity contribution in [2.45, 2.75) is 37.9 Å². The standard InChI is InChI=1S/C13H15F4N.ClH/c14-11-7-9(5-6-10(11)13(15,16)17)12(18)8-3-1-2-4-8;/h5-8,12H,1-4,18H2;1H/t12-;/m0./s1. The molecule has 6 heteroatoms. The monoisotopic (exact) mass is 297 g/mol. The summed E-state index contributed by atoms with van der Waals surface area (Å²) < 4.78 is 50.7. The van der Waals surface area contributed by atoms with E-state index in [4.69, 9.17) is 5.73 Å². The molecule has 1 aromatic rings.